The first-order chi connectivity index (χ1) is 8.02. The minimum atomic E-state index is -0.503. The van der Waals surface area contributed by atoms with Crippen LogP contribution < -0.4 is 5.32 Å². The van der Waals surface area contributed by atoms with Gasteiger partial charge >= 0.3 is 0 Å². The van der Waals surface area contributed by atoms with E-state index in [0.717, 1.165) is 0 Å². The highest BCUT2D eigenvalue weighted by molar-refractivity contribution is 6.33. The zero-order valence-corrected chi connectivity index (χ0v) is 10.2. The molecule has 1 atom stereocenters. The summed E-state index contributed by atoms with van der Waals surface area (Å²) in [5, 5.41) is 20.7. The molecule has 1 rings (SSSR count). The number of nitrogens with one attached hydrogen (secondary N) is 1. The smallest absolute Gasteiger partial charge is 0.224 e. The number of hydrogen-bond acceptors (Lipinski definition) is 3. The standard InChI is InChI=1S/C12H13ClN2O2/c1-8(16)2-5-12(17)15-11-4-3-9(7-14)6-10(11)13/h3-4,6,8,16H,2,5H2,1H3,(H,15,17). The van der Waals surface area contributed by atoms with E-state index in [1.807, 2.05) is 6.07 Å². The van der Waals surface area contributed by atoms with Crippen LogP contribution in [0.4, 0.5) is 5.69 Å². The maximum absolute atomic E-state index is 11.5. The van der Waals surface area contributed by atoms with Gasteiger partial charge in [-0.25, -0.2) is 0 Å². The van der Waals surface area contributed by atoms with E-state index in [9.17, 15) is 4.79 Å². The monoisotopic (exact) mass is 252 g/mol. The van der Waals surface area contributed by atoms with Crippen molar-refractivity contribution in [1.29, 1.82) is 5.26 Å². The Hall–Kier alpha value is -1.57. The Morgan fingerprint density at radius 1 is 1.65 bits per heavy atom. The fraction of sp³-hybridized carbons (Fsp3) is 0.333. The van der Waals surface area contributed by atoms with Gasteiger partial charge in [-0.3, -0.25) is 4.79 Å². The third kappa shape index (κ3) is 4.43. The Balaban J connectivity index is 2.63. The van der Waals surface area contributed by atoms with Gasteiger partial charge in [0.25, 0.3) is 0 Å². The molecule has 0 aliphatic carbocycles. The number of aliphatic hydroxyl groups is 1. The quantitative estimate of drug-likeness (QED) is 0.864. The predicted molar refractivity (Wildman–Crippen MR) is 65.7 cm³/mol. The van der Waals surface area contributed by atoms with Gasteiger partial charge in [0.15, 0.2) is 0 Å². The molecule has 0 spiro atoms. The second-order valence-corrected chi connectivity index (χ2v) is 4.15. The van der Waals surface area contributed by atoms with Crippen molar-refractivity contribution in [1.82, 2.24) is 0 Å². The Bertz CT molecular complexity index is 452. The SMILES string of the molecule is CC(O)CCC(=O)Nc1ccc(C#N)cc1Cl. The van der Waals surface area contributed by atoms with E-state index in [1.165, 1.54) is 6.07 Å². The molecule has 0 radical (unpaired) electrons. The van der Waals surface area contributed by atoms with E-state index in [0.29, 0.717) is 22.7 Å². The third-order valence-corrected chi connectivity index (χ3v) is 2.47. The van der Waals surface area contributed by atoms with Crippen molar-refractivity contribution >= 4 is 23.2 Å². The first-order valence-electron chi connectivity index (χ1n) is 5.20. The Labute approximate surface area is 105 Å². The molecule has 1 aromatic carbocycles. The van der Waals surface area contributed by atoms with Gasteiger partial charge in [-0.15, -0.1) is 0 Å². The highest BCUT2D eigenvalue weighted by atomic mass is 35.5. The Morgan fingerprint density at radius 2 is 2.35 bits per heavy atom. The lowest BCUT2D eigenvalue weighted by atomic mass is 10.2. The largest absolute Gasteiger partial charge is 0.393 e. The summed E-state index contributed by atoms with van der Waals surface area (Å²) >= 11 is 5.90. The fourth-order valence-corrected chi connectivity index (χ4v) is 1.47. The first-order valence-corrected chi connectivity index (χ1v) is 5.58. The molecule has 0 saturated carbocycles. The van der Waals surface area contributed by atoms with Crippen LogP contribution in [0.25, 0.3) is 0 Å². The molecular weight excluding hydrogens is 240 g/mol. The van der Waals surface area contributed by atoms with Crippen LogP contribution in [0.3, 0.4) is 0 Å². The topological polar surface area (TPSA) is 73.1 Å². The average molecular weight is 253 g/mol. The zero-order chi connectivity index (χ0) is 12.8. The summed E-state index contributed by atoms with van der Waals surface area (Å²) in [5.74, 6) is -0.211. The summed E-state index contributed by atoms with van der Waals surface area (Å²) < 4.78 is 0. The molecule has 90 valence electrons. The van der Waals surface area contributed by atoms with Gasteiger partial charge in [0.1, 0.15) is 0 Å². The summed E-state index contributed by atoms with van der Waals surface area (Å²) in [4.78, 5) is 11.5. The van der Waals surface area contributed by atoms with E-state index in [2.05, 4.69) is 5.32 Å². The number of hydrogen-bond donors (Lipinski definition) is 2. The van der Waals surface area contributed by atoms with Crippen molar-refractivity contribution in [2.75, 3.05) is 5.32 Å². The molecule has 1 aromatic rings. The van der Waals surface area contributed by atoms with Crippen LogP contribution >= 0.6 is 11.6 Å². The molecule has 0 aliphatic heterocycles. The number of halogens is 1. The van der Waals surface area contributed by atoms with Gasteiger partial charge < -0.3 is 10.4 Å². The van der Waals surface area contributed by atoms with Crippen LogP contribution in [0.5, 0.6) is 0 Å². The molecule has 0 fully saturated rings. The second kappa shape index (κ2) is 6.24. The lowest BCUT2D eigenvalue weighted by Crippen LogP contribution is -2.14. The molecule has 1 unspecified atom stereocenters. The minimum absolute atomic E-state index is 0.211. The molecule has 0 bridgehead atoms. The third-order valence-electron chi connectivity index (χ3n) is 2.16. The number of benzene rings is 1. The van der Waals surface area contributed by atoms with Gasteiger partial charge in [-0.1, -0.05) is 11.6 Å². The minimum Gasteiger partial charge on any atom is -0.393 e. The maximum atomic E-state index is 11.5. The molecule has 0 heterocycles. The van der Waals surface area contributed by atoms with E-state index in [4.69, 9.17) is 22.0 Å². The summed E-state index contributed by atoms with van der Waals surface area (Å²) in [7, 11) is 0. The van der Waals surface area contributed by atoms with Crippen LogP contribution in [0, 0.1) is 11.3 Å². The summed E-state index contributed by atoms with van der Waals surface area (Å²) in [6, 6.07) is 6.61. The molecule has 17 heavy (non-hydrogen) atoms. The molecule has 0 aliphatic rings. The molecule has 4 nitrogen and oxygen atoms in total. The van der Waals surface area contributed by atoms with Crippen molar-refractivity contribution in [3.8, 4) is 6.07 Å². The van der Waals surface area contributed by atoms with Gasteiger partial charge in [-0.2, -0.15) is 5.26 Å². The van der Waals surface area contributed by atoms with E-state index in [-0.39, 0.29) is 12.3 Å². The van der Waals surface area contributed by atoms with Gasteiger partial charge in [0.05, 0.1) is 28.4 Å². The van der Waals surface area contributed by atoms with Gasteiger partial charge in [-0.05, 0) is 31.5 Å². The molecule has 2 N–H and O–H groups in total. The van der Waals surface area contributed by atoms with Crippen molar-refractivity contribution in [2.24, 2.45) is 0 Å². The van der Waals surface area contributed by atoms with Crippen LogP contribution in [0.1, 0.15) is 25.3 Å². The Kier molecular flexibility index (Phi) is 4.95. The fourth-order valence-electron chi connectivity index (χ4n) is 1.24. The van der Waals surface area contributed by atoms with Crippen LogP contribution in [-0.2, 0) is 4.79 Å². The number of rotatable bonds is 4. The average Bonchev–Trinajstić information content (AvgIpc) is 2.29. The van der Waals surface area contributed by atoms with Crippen molar-refractivity contribution in [2.45, 2.75) is 25.9 Å². The van der Waals surface area contributed by atoms with Crippen molar-refractivity contribution in [3.63, 3.8) is 0 Å². The van der Waals surface area contributed by atoms with Gasteiger partial charge in [0.2, 0.25) is 5.91 Å². The number of amides is 1. The normalized spacial score (nSPS) is 11.6. The van der Waals surface area contributed by atoms with Crippen LogP contribution in [0.2, 0.25) is 5.02 Å². The number of anilines is 1. The summed E-state index contributed by atoms with van der Waals surface area (Å²) in [6.07, 6.45) is 0.130. The highest BCUT2D eigenvalue weighted by Gasteiger charge is 2.07. The molecule has 5 heteroatoms. The lowest BCUT2D eigenvalue weighted by molar-refractivity contribution is -0.116. The lowest BCUT2D eigenvalue weighted by Gasteiger charge is -2.08. The number of nitriles is 1. The maximum Gasteiger partial charge on any atom is 0.224 e. The Morgan fingerprint density at radius 3 is 2.88 bits per heavy atom. The first kappa shape index (κ1) is 13.5. The number of carbonyl (C=O) groups is 1. The molecule has 0 aromatic heterocycles. The van der Waals surface area contributed by atoms with E-state index in [1.54, 1.807) is 19.1 Å². The molecule has 1 amide bonds. The van der Waals surface area contributed by atoms with E-state index >= 15 is 0 Å². The molecule has 0 saturated heterocycles. The predicted octanol–water partition coefficient (Wildman–Crippen LogP) is 2.31. The zero-order valence-electron chi connectivity index (χ0n) is 9.40. The van der Waals surface area contributed by atoms with Crippen LogP contribution in [-0.4, -0.2) is 17.1 Å². The molecular formula is C12H13ClN2O2. The number of nitrogens with zero attached hydrogens (tertiary/aromatic N) is 1. The van der Waals surface area contributed by atoms with Crippen molar-refractivity contribution < 1.29 is 9.90 Å². The van der Waals surface area contributed by atoms with Crippen molar-refractivity contribution in [3.05, 3.63) is 28.8 Å². The number of aliphatic hydroxyl groups excluding tert-OH is 1. The van der Waals surface area contributed by atoms with Gasteiger partial charge in [0, 0.05) is 6.42 Å². The summed E-state index contributed by atoms with van der Waals surface area (Å²) in [5.41, 5.74) is 0.915. The summed E-state index contributed by atoms with van der Waals surface area (Å²) in [6.45, 7) is 1.63. The highest BCUT2D eigenvalue weighted by Crippen LogP contribution is 2.22. The second-order valence-electron chi connectivity index (χ2n) is 3.74. The number of carbonyl (C=O) groups excluding carboxylic acids is 1. The van der Waals surface area contributed by atoms with Crippen LogP contribution in [0.15, 0.2) is 18.2 Å². The van der Waals surface area contributed by atoms with E-state index < -0.39 is 6.10 Å².